The molecular formula is C12H3Br5O. The third kappa shape index (κ3) is 2.04. The van der Waals surface area contributed by atoms with Crippen LogP contribution < -0.4 is 0 Å². The number of hydrogen-bond donors (Lipinski definition) is 0. The van der Waals surface area contributed by atoms with Gasteiger partial charge in [-0.15, -0.1) is 0 Å². The minimum Gasteiger partial charge on any atom is -0.455 e. The van der Waals surface area contributed by atoms with Gasteiger partial charge in [0.15, 0.2) is 5.58 Å². The van der Waals surface area contributed by atoms with Gasteiger partial charge in [0.05, 0.1) is 4.47 Å². The van der Waals surface area contributed by atoms with E-state index in [9.17, 15) is 0 Å². The van der Waals surface area contributed by atoms with Crippen LogP contribution in [0.4, 0.5) is 0 Å². The minimum atomic E-state index is 0.832. The van der Waals surface area contributed by atoms with E-state index >= 15 is 0 Å². The van der Waals surface area contributed by atoms with Crippen LogP contribution >= 0.6 is 79.6 Å². The van der Waals surface area contributed by atoms with Crippen LogP contribution in [-0.4, -0.2) is 0 Å². The van der Waals surface area contributed by atoms with E-state index in [1.54, 1.807) is 0 Å². The fourth-order valence-corrected chi connectivity index (χ4v) is 5.00. The van der Waals surface area contributed by atoms with Crippen molar-refractivity contribution in [3.63, 3.8) is 0 Å². The van der Waals surface area contributed by atoms with Crippen LogP contribution in [0.3, 0.4) is 0 Å². The Morgan fingerprint density at radius 1 is 0.722 bits per heavy atom. The Morgan fingerprint density at radius 3 is 2.17 bits per heavy atom. The first-order valence-corrected chi connectivity index (χ1v) is 8.80. The molecule has 3 aromatic rings. The van der Waals surface area contributed by atoms with Crippen LogP contribution in [0.1, 0.15) is 0 Å². The molecule has 0 N–H and O–H groups in total. The maximum atomic E-state index is 5.92. The molecule has 0 saturated heterocycles. The van der Waals surface area contributed by atoms with Crippen LogP contribution in [0.2, 0.25) is 0 Å². The van der Waals surface area contributed by atoms with Gasteiger partial charge in [-0.1, -0.05) is 15.9 Å². The van der Waals surface area contributed by atoms with E-state index in [4.69, 9.17) is 4.42 Å². The second-order valence-electron chi connectivity index (χ2n) is 3.72. The van der Waals surface area contributed by atoms with Gasteiger partial charge in [0.2, 0.25) is 0 Å². The smallest absolute Gasteiger partial charge is 0.150 e. The van der Waals surface area contributed by atoms with E-state index < -0.39 is 0 Å². The Balaban J connectivity index is 2.66. The van der Waals surface area contributed by atoms with Gasteiger partial charge in [0, 0.05) is 28.7 Å². The van der Waals surface area contributed by atoms with Crippen molar-refractivity contribution >= 4 is 102 Å². The van der Waals surface area contributed by atoms with Gasteiger partial charge in [-0.3, -0.25) is 0 Å². The summed E-state index contributed by atoms with van der Waals surface area (Å²) < 4.78 is 10.8. The summed E-state index contributed by atoms with van der Waals surface area (Å²) in [7, 11) is 0. The molecule has 1 heterocycles. The molecule has 0 spiro atoms. The van der Waals surface area contributed by atoms with Crippen LogP contribution in [-0.2, 0) is 0 Å². The molecule has 0 aliphatic rings. The highest BCUT2D eigenvalue weighted by molar-refractivity contribution is 9.13. The van der Waals surface area contributed by atoms with Gasteiger partial charge in [0.25, 0.3) is 0 Å². The van der Waals surface area contributed by atoms with Gasteiger partial charge in [-0.2, -0.15) is 0 Å². The van der Waals surface area contributed by atoms with Crippen molar-refractivity contribution < 1.29 is 4.42 Å². The lowest BCUT2D eigenvalue weighted by Crippen LogP contribution is -1.76. The Bertz CT molecular complexity index is 790. The molecule has 3 rings (SSSR count). The van der Waals surface area contributed by atoms with Crippen molar-refractivity contribution in [2.24, 2.45) is 0 Å². The highest BCUT2D eigenvalue weighted by Gasteiger charge is 2.18. The van der Waals surface area contributed by atoms with Crippen LogP contribution in [0.15, 0.2) is 45.0 Å². The third-order valence-corrected chi connectivity index (χ3v) is 6.26. The molecule has 0 unspecified atom stereocenters. The van der Waals surface area contributed by atoms with Crippen molar-refractivity contribution in [2.45, 2.75) is 0 Å². The summed E-state index contributed by atoms with van der Waals surface area (Å²) in [6.45, 7) is 0. The molecule has 6 heteroatoms. The summed E-state index contributed by atoms with van der Waals surface area (Å²) in [6, 6.07) is 5.95. The van der Waals surface area contributed by atoms with E-state index in [-0.39, 0.29) is 0 Å². The molecule has 0 radical (unpaired) electrons. The number of rotatable bonds is 0. The summed E-state index contributed by atoms with van der Waals surface area (Å²) in [5, 5.41) is 2.10. The highest BCUT2D eigenvalue weighted by atomic mass is 79.9. The van der Waals surface area contributed by atoms with Crippen LogP contribution in [0.5, 0.6) is 0 Å². The average molecular weight is 563 g/mol. The SMILES string of the molecule is Brc1cc(Br)c2c(c1)oc1c(Br)cc(Br)c(Br)c12. The van der Waals surface area contributed by atoms with Crippen molar-refractivity contribution in [1.29, 1.82) is 0 Å². The molecular weight excluding hydrogens is 560 g/mol. The average Bonchev–Trinajstić information content (AvgIpc) is 2.66. The Hall–Kier alpha value is 0.640. The van der Waals surface area contributed by atoms with Crippen molar-refractivity contribution in [1.82, 2.24) is 0 Å². The Labute approximate surface area is 145 Å². The predicted molar refractivity (Wildman–Crippen MR) is 92.2 cm³/mol. The minimum absolute atomic E-state index is 0.832. The number of fused-ring (bicyclic) bond motifs is 3. The van der Waals surface area contributed by atoms with Crippen LogP contribution in [0.25, 0.3) is 21.9 Å². The predicted octanol–water partition coefficient (Wildman–Crippen LogP) is 7.40. The molecule has 0 saturated carbocycles. The fourth-order valence-electron chi connectivity index (χ4n) is 1.88. The summed E-state index contributed by atoms with van der Waals surface area (Å²) in [5.41, 5.74) is 1.67. The van der Waals surface area contributed by atoms with Gasteiger partial charge in [-0.05, 0) is 81.9 Å². The number of benzene rings is 2. The molecule has 0 amide bonds. The zero-order chi connectivity index (χ0) is 13.0. The summed E-state index contributed by atoms with van der Waals surface area (Å²) in [6.07, 6.45) is 0. The van der Waals surface area contributed by atoms with Crippen molar-refractivity contribution in [3.8, 4) is 0 Å². The lowest BCUT2D eigenvalue weighted by atomic mass is 10.1. The number of hydrogen-bond acceptors (Lipinski definition) is 1. The van der Waals surface area contributed by atoms with Crippen LogP contribution in [0, 0.1) is 0 Å². The molecule has 2 aromatic carbocycles. The Morgan fingerprint density at radius 2 is 1.44 bits per heavy atom. The Kier molecular flexibility index (Phi) is 3.69. The third-order valence-electron chi connectivity index (χ3n) is 2.61. The highest BCUT2D eigenvalue weighted by Crippen LogP contribution is 2.45. The zero-order valence-corrected chi connectivity index (χ0v) is 16.5. The van der Waals surface area contributed by atoms with E-state index in [0.717, 1.165) is 44.3 Å². The molecule has 0 aliphatic carbocycles. The van der Waals surface area contributed by atoms with E-state index in [1.165, 1.54) is 0 Å². The molecule has 0 bridgehead atoms. The van der Waals surface area contributed by atoms with Gasteiger partial charge in [-0.25, -0.2) is 0 Å². The number of halogens is 5. The van der Waals surface area contributed by atoms with Crippen molar-refractivity contribution in [3.05, 3.63) is 40.6 Å². The zero-order valence-electron chi connectivity index (χ0n) is 8.53. The van der Waals surface area contributed by atoms with E-state index in [1.807, 2.05) is 18.2 Å². The number of furan rings is 1. The second-order valence-corrected chi connectivity index (χ2v) is 7.99. The largest absolute Gasteiger partial charge is 0.455 e. The normalized spacial score (nSPS) is 11.6. The molecule has 1 nitrogen and oxygen atoms in total. The lowest BCUT2D eigenvalue weighted by molar-refractivity contribution is 0.666. The molecule has 1 aromatic heterocycles. The van der Waals surface area contributed by atoms with Gasteiger partial charge >= 0.3 is 0 Å². The maximum Gasteiger partial charge on any atom is 0.150 e. The first-order valence-electron chi connectivity index (χ1n) is 4.84. The lowest BCUT2D eigenvalue weighted by Gasteiger charge is -2.01. The molecule has 92 valence electrons. The monoisotopic (exact) mass is 558 g/mol. The first-order chi connectivity index (χ1) is 8.49. The second kappa shape index (κ2) is 4.88. The maximum absolute atomic E-state index is 5.92. The standard InChI is InChI=1S/C12H3Br5O/c13-4-1-5(14)9-8(2-4)18-12-7(16)3-6(15)11(17)10(9)12/h1-3H. The van der Waals surface area contributed by atoms with E-state index in [2.05, 4.69) is 79.6 Å². The quantitative estimate of drug-likeness (QED) is 0.260. The summed E-state index contributed by atoms with van der Waals surface area (Å²) in [4.78, 5) is 0. The van der Waals surface area contributed by atoms with Gasteiger partial charge < -0.3 is 4.42 Å². The molecule has 0 atom stereocenters. The summed E-state index contributed by atoms with van der Waals surface area (Å²) in [5.74, 6) is 0. The molecule has 0 aliphatic heterocycles. The first kappa shape index (κ1) is 13.6. The fraction of sp³-hybridized carbons (Fsp3) is 0. The van der Waals surface area contributed by atoms with Gasteiger partial charge in [0.1, 0.15) is 5.58 Å². The van der Waals surface area contributed by atoms with E-state index in [0.29, 0.717) is 0 Å². The molecule has 0 fully saturated rings. The molecule has 18 heavy (non-hydrogen) atoms. The summed E-state index contributed by atoms with van der Waals surface area (Å²) >= 11 is 17.7. The van der Waals surface area contributed by atoms with Crippen molar-refractivity contribution in [2.75, 3.05) is 0 Å². The topological polar surface area (TPSA) is 13.1 Å².